The molecule has 0 unspecified atom stereocenters. The highest BCUT2D eigenvalue weighted by atomic mass is 16.5. The molecule has 0 saturated heterocycles. The van der Waals surface area contributed by atoms with Crippen LogP contribution in [0.5, 0.6) is 11.5 Å². The van der Waals surface area contributed by atoms with Crippen LogP contribution in [-0.2, 0) is 4.74 Å². The standard InChI is InChI=1S/C16H26O4/c1-12(2)7-8-19-9-10-20-15-6-5-14(13(3)17)11-16(15)18-4/h5-6,11-13,17H,7-10H2,1-4H3/t13-/m0/s1. The largest absolute Gasteiger partial charge is 0.493 e. The molecule has 0 aliphatic carbocycles. The van der Waals surface area contributed by atoms with E-state index in [2.05, 4.69) is 13.8 Å². The summed E-state index contributed by atoms with van der Waals surface area (Å²) in [5.74, 6) is 1.96. The third-order valence-electron chi connectivity index (χ3n) is 2.99. The minimum Gasteiger partial charge on any atom is -0.493 e. The Morgan fingerprint density at radius 1 is 1.05 bits per heavy atom. The average Bonchev–Trinajstić information content (AvgIpc) is 2.42. The van der Waals surface area contributed by atoms with Crippen LogP contribution < -0.4 is 9.47 Å². The van der Waals surface area contributed by atoms with Gasteiger partial charge < -0.3 is 19.3 Å². The maximum Gasteiger partial charge on any atom is 0.161 e. The van der Waals surface area contributed by atoms with Crippen LogP contribution in [0, 0.1) is 5.92 Å². The van der Waals surface area contributed by atoms with Crippen LogP contribution in [0.3, 0.4) is 0 Å². The Morgan fingerprint density at radius 3 is 2.40 bits per heavy atom. The molecule has 0 radical (unpaired) electrons. The van der Waals surface area contributed by atoms with Gasteiger partial charge in [-0.3, -0.25) is 0 Å². The summed E-state index contributed by atoms with van der Waals surface area (Å²) in [7, 11) is 1.59. The number of methoxy groups -OCH3 is 1. The molecule has 0 amide bonds. The Hall–Kier alpha value is -1.26. The van der Waals surface area contributed by atoms with Gasteiger partial charge in [-0.15, -0.1) is 0 Å². The van der Waals surface area contributed by atoms with Crippen LogP contribution in [0.2, 0.25) is 0 Å². The van der Waals surface area contributed by atoms with E-state index < -0.39 is 6.10 Å². The molecule has 0 heterocycles. The fourth-order valence-corrected chi connectivity index (χ4v) is 1.69. The van der Waals surface area contributed by atoms with E-state index in [4.69, 9.17) is 14.2 Å². The maximum atomic E-state index is 9.54. The topological polar surface area (TPSA) is 47.9 Å². The second-order valence-corrected chi connectivity index (χ2v) is 5.23. The van der Waals surface area contributed by atoms with E-state index in [0.29, 0.717) is 30.6 Å². The van der Waals surface area contributed by atoms with Gasteiger partial charge in [-0.05, 0) is 37.0 Å². The van der Waals surface area contributed by atoms with Crippen molar-refractivity contribution in [1.29, 1.82) is 0 Å². The molecule has 0 aromatic heterocycles. The van der Waals surface area contributed by atoms with Gasteiger partial charge in [-0.25, -0.2) is 0 Å². The van der Waals surface area contributed by atoms with Crippen LogP contribution in [0.1, 0.15) is 38.9 Å². The van der Waals surface area contributed by atoms with Crippen LogP contribution in [-0.4, -0.2) is 32.0 Å². The molecule has 1 N–H and O–H groups in total. The van der Waals surface area contributed by atoms with Crippen LogP contribution in [0.15, 0.2) is 18.2 Å². The molecule has 0 bridgehead atoms. The minimum atomic E-state index is -0.516. The second kappa shape index (κ2) is 8.82. The molecule has 0 fully saturated rings. The molecule has 0 aliphatic heterocycles. The molecule has 1 aromatic rings. The predicted molar refractivity (Wildman–Crippen MR) is 79.4 cm³/mol. The van der Waals surface area contributed by atoms with E-state index >= 15 is 0 Å². The Kier molecular flexibility index (Phi) is 7.41. The first-order valence-corrected chi connectivity index (χ1v) is 7.11. The number of ether oxygens (including phenoxy) is 3. The average molecular weight is 282 g/mol. The SMILES string of the molecule is COc1cc([C@H](C)O)ccc1OCCOCCC(C)C. The molecule has 4 heteroatoms. The van der Waals surface area contributed by atoms with Crippen molar-refractivity contribution < 1.29 is 19.3 Å². The zero-order chi connectivity index (χ0) is 15.0. The van der Waals surface area contributed by atoms with E-state index in [-0.39, 0.29) is 0 Å². The molecule has 0 aliphatic rings. The van der Waals surface area contributed by atoms with E-state index in [9.17, 15) is 5.11 Å². The number of aliphatic hydroxyl groups is 1. The van der Waals surface area contributed by atoms with Gasteiger partial charge in [0.1, 0.15) is 6.61 Å². The Bertz CT molecular complexity index is 388. The van der Waals surface area contributed by atoms with Gasteiger partial charge in [-0.2, -0.15) is 0 Å². The smallest absolute Gasteiger partial charge is 0.161 e. The fourth-order valence-electron chi connectivity index (χ4n) is 1.69. The number of hydrogen-bond donors (Lipinski definition) is 1. The van der Waals surface area contributed by atoms with Gasteiger partial charge in [-0.1, -0.05) is 19.9 Å². The Balaban J connectivity index is 2.40. The molecule has 20 heavy (non-hydrogen) atoms. The molecule has 114 valence electrons. The Morgan fingerprint density at radius 2 is 1.80 bits per heavy atom. The highest BCUT2D eigenvalue weighted by Crippen LogP contribution is 2.30. The molecule has 1 rings (SSSR count). The van der Waals surface area contributed by atoms with Crippen LogP contribution >= 0.6 is 0 Å². The minimum absolute atomic E-state index is 0.489. The second-order valence-electron chi connectivity index (χ2n) is 5.23. The van der Waals surface area contributed by atoms with Crippen molar-refractivity contribution in [3.63, 3.8) is 0 Å². The van der Waals surface area contributed by atoms with E-state index in [1.54, 1.807) is 20.1 Å². The van der Waals surface area contributed by atoms with Gasteiger partial charge in [0.2, 0.25) is 0 Å². The zero-order valence-corrected chi connectivity index (χ0v) is 12.9. The van der Waals surface area contributed by atoms with Crippen LogP contribution in [0.4, 0.5) is 0 Å². The summed E-state index contributed by atoms with van der Waals surface area (Å²) in [5.41, 5.74) is 0.808. The number of rotatable bonds is 9. The third kappa shape index (κ3) is 5.80. The lowest BCUT2D eigenvalue weighted by Crippen LogP contribution is -2.09. The lowest BCUT2D eigenvalue weighted by atomic mass is 10.1. The predicted octanol–water partition coefficient (Wildman–Crippen LogP) is 3.19. The van der Waals surface area contributed by atoms with Gasteiger partial charge in [0.15, 0.2) is 11.5 Å². The molecular formula is C16H26O4. The number of benzene rings is 1. The fraction of sp³-hybridized carbons (Fsp3) is 0.625. The van der Waals surface area contributed by atoms with Crippen molar-refractivity contribution in [3.8, 4) is 11.5 Å². The summed E-state index contributed by atoms with van der Waals surface area (Å²) in [6, 6.07) is 5.44. The first-order chi connectivity index (χ1) is 9.54. The summed E-state index contributed by atoms with van der Waals surface area (Å²) in [5, 5.41) is 9.54. The summed E-state index contributed by atoms with van der Waals surface area (Å²) < 4.78 is 16.4. The molecule has 0 spiro atoms. The van der Waals surface area contributed by atoms with Gasteiger partial charge in [0, 0.05) is 6.61 Å². The lowest BCUT2D eigenvalue weighted by Gasteiger charge is -2.13. The monoisotopic (exact) mass is 282 g/mol. The summed E-state index contributed by atoms with van der Waals surface area (Å²) in [6.45, 7) is 7.89. The van der Waals surface area contributed by atoms with E-state index in [1.807, 2.05) is 12.1 Å². The van der Waals surface area contributed by atoms with Crippen molar-refractivity contribution >= 4 is 0 Å². The molecule has 1 aromatic carbocycles. The highest BCUT2D eigenvalue weighted by Gasteiger charge is 2.08. The third-order valence-corrected chi connectivity index (χ3v) is 2.99. The van der Waals surface area contributed by atoms with E-state index in [1.165, 1.54) is 0 Å². The summed E-state index contributed by atoms with van der Waals surface area (Å²) in [6.07, 6.45) is 0.546. The van der Waals surface area contributed by atoms with Gasteiger partial charge in [0.05, 0.1) is 19.8 Å². The first kappa shape index (κ1) is 16.8. The van der Waals surface area contributed by atoms with Crippen molar-refractivity contribution in [3.05, 3.63) is 23.8 Å². The van der Waals surface area contributed by atoms with E-state index in [0.717, 1.165) is 18.6 Å². The molecular weight excluding hydrogens is 256 g/mol. The zero-order valence-electron chi connectivity index (χ0n) is 12.9. The maximum absolute atomic E-state index is 9.54. The number of hydrogen-bond acceptors (Lipinski definition) is 4. The lowest BCUT2D eigenvalue weighted by molar-refractivity contribution is 0.0916. The van der Waals surface area contributed by atoms with Crippen molar-refractivity contribution in [1.82, 2.24) is 0 Å². The summed E-state index contributed by atoms with van der Waals surface area (Å²) in [4.78, 5) is 0. The quantitative estimate of drug-likeness (QED) is 0.707. The summed E-state index contributed by atoms with van der Waals surface area (Å²) >= 11 is 0. The van der Waals surface area contributed by atoms with Gasteiger partial charge in [0.25, 0.3) is 0 Å². The first-order valence-electron chi connectivity index (χ1n) is 7.11. The van der Waals surface area contributed by atoms with Crippen molar-refractivity contribution in [2.24, 2.45) is 5.92 Å². The highest BCUT2D eigenvalue weighted by molar-refractivity contribution is 5.43. The molecule has 0 saturated carbocycles. The van der Waals surface area contributed by atoms with Gasteiger partial charge >= 0.3 is 0 Å². The normalized spacial score (nSPS) is 12.5. The van der Waals surface area contributed by atoms with Crippen molar-refractivity contribution in [2.75, 3.05) is 26.9 Å². The Labute approximate surface area is 121 Å². The molecule has 4 nitrogen and oxygen atoms in total. The van der Waals surface area contributed by atoms with Crippen LogP contribution in [0.25, 0.3) is 0 Å². The number of aliphatic hydroxyl groups excluding tert-OH is 1. The molecule has 1 atom stereocenters. The van der Waals surface area contributed by atoms with Crippen molar-refractivity contribution in [2.45, 2.75) is 33.3 Å².